The number of rotatable bonds is 11. The molecular weight excluding hydrogens is 492 g/mol. The molecule has 0 amide bonds. The molecule has 0 aliphatic heterocycles. The number of aromatic carboxylic acids is 1. The summed E-state index contributed by atoms with van der Waals surface area (Å²) in [6, 6.07) is 21.7. The van der Waals surface area contributed by atoms with E-state index in [1.54, 1.807) is 12.1 Å². The van der Waals surface area contributed by atoms with Crippen molar-refractivity contribution in [1.82, 2.24) is 5.32 Å². The van der Waals surface area contributed by atoms with Gasteiger partial charge in [-0.1, -0.05) is 70.4 Å². The first-order valence-electron chi connectivity index (χ1n) is 15.3. The summed E-state index contributed by atoms with van der Waals surface area (Å²) in [7, 11) is 0. The van der Waals surface area contributed by atoms with Crippen LogP contribution >= 0.6 is 0 Å². The van der Waals surface area contributed by atoms with Crippen LogP contribution in [0.2, 0.25) is 0 Å². The lowest BCUT2D eigenvalue weighted by atomic mass is 9.82. The molecular formula is C36H48N2O2. The normalized spacial score (nSPS) is 14.3. The lowest BCUT2D eigenvalue weighted by Gasteiger charge is -2.31. The molecule has 0 radical (unpaired) electrons. The second-order valence-electron chi connectivity index (χ2n) is 12.3. The number of hydrogen-bond acceptors (Lipinski definition) is 3. The van der Waals surface area contributed by atoms with Crippen LogP contribution in [0.25, 0.3) is 22.3 Å². The van der Waals surface area contributed by atoms with Crippen molar-refractivity contribution in [3.8, 4) is 22.3 Å². The van der Waals surface area contributed by atoms with Crippen molar-refractivity contribution < 1.29 is 9.90 Å². The summed E-state index contributed by atoms with van der Waals surface area (Å²) in [5.41, 5.74) is 9.06. The van der Waals surface area contributed by atoms with Crippen molar-refractivity contribution in [2.45, 2.75) is 91.0 Å². The average Bonchev–Trinajstić information content (AvgIpc) is 2.96. The van der Waals surface area contributed by atoms with Crippen LogP contribution in [-0.2, 0) is 11.8 Å². The van der Waals surface area contributed by atoms with Gasteiger partial charge in [-0.2, -0.15) is 0 Å². The van der Waals surface area contributed by atoms with Gasteiger partial charge in [0.25, 0.3) is 0 Å². The molecule has 214 valence electrons. The number of nitrogens with zero attached hydrogens (tertiary/aromatic N) is 1. The third-order valence-electron chi connectivity index (χ3n) is 8.46. The summed E-state index contributed by atoms with van der Waals surface area (Å²) in [6.45, 7) is 14.4. The van der Waals surface area contributed by atoms with Gasteiger partial charge in [-0.25, -0.2) is 4.79 Å². The van der Waals surface area contributed by atoms with Gasteiger partial charge in [-0.05, 0) is 115 Å². The summed E-state index contributed by atoms with van der Waals surface area (Å²) < 4.78 is 0. The second kappa shape index (κ2) is 13.5. The summed E-state index contributed by atoms with van der Waals surface area (Å²) >= 11 is 0. The largest absolute Gasteiger partial charge is 0.478 e. The molecule has 0 atom stereocenters. The molecule has 3 aromatic carbocycles. The Bertz CT molecular complexity index is 1260. The van der Waals surface area contributed by atoms with E-state index in [-0.39, 0.29) is 5.41 Å². The van der Waals surface area contributed by atoms with Crippen molar-refractivity contribution in [3.63, 3.8) is 0 Å². The maximum Gasteiger partial charge on any atom is 0.335 e. The van der Waals surface area contributed by atoms with Gasteiger partial charge >= 0.3 is 5.97 Å². The maximum absolute atomic E-state index is 11.4. The standard InChI is InChI=1S/C36H48N2O2/c1-6-38(7-2)34-22-21-30(25-33(34)36(3,4)5)32-24-29(26-15-18-28(19-16-26)35(39)40)20-17-27(32)12-11-23-37-31-13-9-8-10-14-31/h15-22,24-25,31,37H,6-14,23H2,1-5H3,(H,39,40). The molecule has 1 saturated carbocycles. The Morgan fingerprint density at radius 2 is 1.52 bits per heavy atom. The van der Waals surface area contributed by atoms with Crippen molar-refractivity contribution in [3.05, 3.63) is 77.4 Å². The van der Waals surface area contributed by atoms with Gasteiger partial charge in [-0.15, -0.1) is 0 Å². The van der Waals surface area contributed by atoms with Crippen LogP contribution in [0.1, 0.15) is 94.6 Å². The van der Waals surface area contributed by atoms with Crippen molar-refractivity contribution in [2.24, 2.45) is 0 Å². The highest BCUT2D eigenvalue weighted by atomic mass is 16.4. The quantitative estimate of drug-likeness (QED) is 0.239. The van der Waals surface area contributed by atoms with Gasteiger partial charge in [0.05, 0.1) is 5.56 Å². The molecule has 4 nitrogen and oxygen atoms in total. The van der Waals surface area contributed by atoms with E-state index in [2.05, 4.69) is 81.2 Å². The van der Waals surface area contributed by atoms with Crippen molar-refractivity contribution in [1.29, 1.82) is 0 Å². The first kappa shape index (κ1) is 29.9. The second-order valence-corrected chi connectivity index (χ2v) is 12.3. The Morgan fingerprint density at radius 3 is 2.15 bits per heavy atom. The van der Waals surface area contributed by atoms with Gasteiger partial charge in [-0.3, -0.25) is 0 Å². The fourth-order valence-corrected chi connectivity index (χ4v) is 6.08. The number of carboxylic acid groups (broad SMARTS) is 1. The minimum atomic E-state index is -0.896. The SMILES string of the molecule is CCN(CC)c1ccc(-c2cc(-c3ccc(C(=O)O)cc3)ccc2CCCNC2CCCCC2)cc1C(C)(C)C. The van der Waals surface area contributed by atoms with Crippen LogP contribution in [0.15, 0.2) is 60.7 Å². The fourth-order valence-electron chi connectivity index (χ4n) is 6.08. The van der Waals surface area contributed by atoms with E-state index < -0.39 is 5.97 Å². The molecule has 0 saturated heterocycles. The topological polar surface area (TPSA) is 52.6 Å². The van der Waals surface area contributed by atoms with Gasteiger partial charge in [0.1, 0.15) is 0 Å². The molecule has 1 fully saturated rings. The van der Waals surface area contributed by atoms with E-state index >= 15 is 0 Å². The molecule has 0 aromatic heterocycles. The summed E-state index contributed by atoms with van der Waals surface area (Å²) in [5, 5.41) is 13.2. The van der Waals surface area contributed by atoms with Crippen molar-refractivity contribution in [2.75, 3.05) is 24.5 Å². The summed E-state index contributed by atoms with van der Waals surface area (Å²) in [5.74, 6) is -0.896. The highest BCUT2D eigenvalue weighted by Crippen LogP contribution is 2.38. The van der Waals surface area contributed by atoms with E-state index in [9.17, 15) is 9.90 Å². The number of carboxylic acids is 1. The molecule has 0 bridgehead atoms. The average molecular weight is 541 g/mol. The van der Waals surface area contributed by atoms with E-state index in [0.29, 0.717) is 11.6 Å². The zero-order valence-corrected chi connectivity index (χ0v) is 25.2. The number of nitrogens with one attached hydrogen (secondary N) is 1. The number of anilines is 1. The first-order chi connectivity index (χ1) is 19.2. The minimum Gasteiger partial charge on any atom is -0.478 e. The molecule has 0 heterocycles. The molecule has 1 aliphatic carbocycles. The molecule has 0 unspecified atom stereocenters. The molecule has 4 rings (SSSR count). The molecule has 0 spiro atoms. The number of hydrogen-bond donors (Lipinski definition) is 2. The predicted molar refractivity (Wildman–Crippen MR) is 170 cm³/mol. The highest BCUT2D eigenvalue weighted by Gasteiger charge is 2.22. The Hall–Kier alpha value is -3.11. The lowest BCUT2D eigenvalue weighted by molar-refractivity contribution is 0.0697. The molecule has 40 heavy (non-hydrogen) atoms. The Labute approximate surface area is 241 Å². The summed E-state index contributed by atoms with van der Waals surface area (Å²) in [6.07, 6.45) is 8.86. The van der Waals surface area contributed by atoms with E-state index in [4.69, 9.17) is 0 Å². The van der Waals surface area contributed by atoms with Crippen LogP contribution in [0.5, 0.6) is 0 Å². The van der Waals surface area contributed by atoms with Crippen molar-refractivity contribution >= 4 is 11.7 Å². The highest BCUT2D eigenvalue weighted by molar-refractivity contribution is 5.88. The van der Waals surface area contributed by atoms with Crippen LogP contribution in [0.4, 0.5) is 5.69 Å². The minimum absolute atomic E-state index is 0.0162. The molecule has 3 aromatic rings. The van der Waals surface area contributed by atoms with Crippen LogP contribution in [0.3, 0.4) is 0 Å². The van der Waals surface area contributed by atoms with E-state index in [1.165, 1.54) is 60.0 Å². The molecule has 1 aliphatic rings. The van der Waals surface area contributed by atoms with Crippen LogP contribution in [-0.4, -0.2) is 36.8 Å². The third-order valence-corrected chi connectivity index (χ3v) is 8.46. The fraction of sp³-hybridized carbons (Fsp3) is 0.472. The zero-order chi connectivity index (χ0) is 28.7. The van der Waals surface area contributed by atoms with E-state index in [1.807, 2.05) is 12.1 Å². The Balaban J connectivity index is 1.69. The Kier molecular flexibility index (Phi) is 10.1. The van der Waals surface area contributed by atoms with Crippen LogP contribution in [0, 0.1) is 0 Å². The van der Waals surface area contributed by atoms with Gasteiger partial charge in [0.15, 0.2) is 0 Å². The number of aryl methyl sites for hydroxylation is 1. The smallest absolute Gasteiger partial charge is 0.335 e. The number of carbonyl (C=O) groups is 1. The third kappa shape index (κ3) is 7.34. The summed E-state index contributed by atoms with van der Waals surface area (Å²) in [4.78, 5) is 13.8. The molecule has 2 N–H and O–H groups in total. The van der Waals surface area contributed by atoms with Gasteiger partial charge < -0.3 is 15.3 Å². The van der Waals surface area contributed by atoms with E-state index in [0.717, 1.165) is 43.6 Å². The zero-order valence-electron chi connectivity index (χ0n) is 25.2. The monoisotopic (exact) mass is 540 g/mol. The predicted octanol–water partition coefficient (Wildman–Crippen LogP) is 8.72. The lowest BCUT2D eigenvalue weighted by Crippen LogP contribution is -2.31. The molecule has 4 heteroatoms. The van der Waals surface area contributed by atoms with Gasteiger partial charge in [0.2, 0.25) is 0 Å². The Morgan fingerprint density at radius 1 is 0.875 bits per heavy atom. The first-order valence-corrected chi connectivity index (χ1v) is 15.3. The van der Waals surface area contributed by atoms with Gasteiger partial charge in [0, 0.05) is 24.8 Å². The number of benzene rings is 3. The maximum atomic E-state index is 11.4. The van der Waals surface area contributed by atoms with Crippen LogP contribution < -0.4 is 10.2 Å².